The third-order valence-electron chi connectivity index (χ3n) is 3.33. The molecule has 88 valence electrons. The van der Waals surface area contributed by atoms with E-state index in [4.69, 9.17) is 4.74 Å². The summed E-state index contributed by atoms with van der Waals surface area (Å²) in [7, 11) is 1.45. The Bertz CT molecular complexity index is 365. The van der Waals surface area contributed by atoms with E-state index in [9.17, 15) is 9.50 Å². The fraction of sp³-hybridized carbons (Fsp3) is 0.538. The Morgan fingerprint density at radius 1 is 1.31 bits per heavy atom. The fourth-order valence-electron chi connectivity index (χ4n) is 2.41. The van der Waals surface area contributed by atoms with Crippen LogP contribution in [0.2, 0.25) is 0 Å². The number of aliphatic hydroxyl groups excluding tert-OH is 1. The van der Waals surface area contributed by atoms with Crippen molar-refractivity contribution >= 4 is 0 Å². The normalized spacial score (nSPS) is 25.4. The van der Waals surface area contributed by atoms with Crippen molar-refractivity contribution in [3.63, 3.8) is 0 Å². The van der Waals surface area contributed by atoms with Crippen LogP contribution in [0.3, 0.4) is 0 Å². The van der Waals surface area contributed by atoms with Crippen LogP contribution in [-0.4, -0.2) is 18.3 Å². The van der Waals surface area contributed by atoms with Gasteiger partial charge in [0.1, 0.15) is 0 Å². The van der Waals surface area contributed by atoms with Crippen molar-refractivity contribution in [3.8, 4) is 5.75 Å². The van der Waals surface area contributed by atoms with Crippen molar-refractivity contribution in [2.24, 2.45) is 0 Å². The van der Waals surface area contributed by atoms with Gasteiger partial charge in [-0.1, -0.05) is 18.9 Å². The van der Waals surface area contributed by atoms with E-state index in [0.717, 1.165) is 31.2 Å². The molecule has 1 aromatic carbocycles. The molecule has 0 bridgehead atoms. The van der Waals surface area contributed by atoms with Gasteiger partial charge in [0.25, 0.3) is 0 Å². The molecule has 3 heteroatoms. The number of hydrogen-bond acceptors (Lipinski definition) is 2. The van der Waals surface area contributed by atoms with Gasteiger partial charge in [0.05, 0.1) is 13.2 Å². The number of methoxy groups -OCH3 is 1. The summed E-state index contributed by atoms with van der Waals surface area (Å²) in [6, 6.07) is 4.96. The molecule has 0 aliphatic heterocycles. The lowest BCUT2D eigenvalue weighted by Crippen LogP contribution is -2.22. The SMILES string of the molecule is COc1ccc(C2CCCCC2O)cc1F. The summed E-state index contributed by atoms with van der Waals surface area (Å²) in [4.78, 5) is 0. The van der Waals surface area contributed by atoms with E-state index in [1.807, 2.05) is 6.07 Å². The highest BCUT2D eigenvalue weighted by molar-refractivity contribution is 5.32. The van der Waals surface area contributed by atoms with Gasteiger partial charge in [0, 0.05) is 5.92 Å². The maximum absolute atomic E-state index is 13.5. The van der Waals surface area contributed by atoms with E-state index in [1.54, 1.807) is 6.07 Å². The summed E-state index contributed by atoms with van der Waals surface area (Å²) in [5, 5.41) is 9.89. The smallest absolute Gasteiger partial charge is 0.165 e. The van der Waals surface area contributed by atoms with E-state index >= 15 is 0 Å². The Kier molecular flexibility index (Phi) is 3.44. The molecular formula is C13H17FO2. The van der Waals surface area contributed by atoms with Crippen molar-refractivity contribution in [2.45, 2.75) is 37.7 Å². The lowest BCUT2D eigenvalue weighted by molar-refractivity contribution is 0.106. The second-order valence-electron chi connectivity index (χ2n) is 4.35. The van der Waals surface area contributed by atoms with Gasteiger partial charge in [-0.05, 0) is 30.5 Å². The van der Waals surface area contributed by atoms with Gasteiger partial charge in [-0.3, -0.25) is 0 Å². The van der Waals surface area contributed by atoms with Crippen LogP contribution >= 0.6 is 0 Å². The molecule has 2 rings (SSSR count). The number of ether oxygens (including phenoxy) is 1. The zero-order chi connectivity index (χ0) is 11.5. The third kappa shape index (κ3) is 2.19. The van der Waals surface area contributed by atoms with Crippen LogP contribution in [0.25, 0.3) is 0 Å². The summed E-state index contributed by atoms with van der Waals surface area (Å²) >= 11 is 0. The second kappa shape index (κ2) is 4.83. The lowest BCUT2D eigenvalue weighted by Gasteiger charge is -2.28. The number of aliphatic hydroxyl groups is 1. The topological polar surface area (TPSA) is 29.5 Å². The highest BCUT2D eigenvalue weighted by Crippen LogP contribution is 2.34. The van der Waals surface area contributed by atoms with Crippen LogP contribution in [0.1, 0.15) is 37.2 Å². The molecule has 1 aromatic rings. The Morgan fingerprint density at radius 3 is 2.69 bits per heavy atom. The minimum absolute atomic E-state index is 0.0779. The van der Waals surface area contributed by atoms with Crippen molar-refractivity contribution in [1.82, 2.24) is 0 Å². The van der Waals surface area contributed by atoms with Gasteiger partial charge in [-0.25, -0.2) is 4.39 Å². The maximum Gasteiger partial charge on any atom is 0.165 e. The molecule has 0 heterocycles. The number of benzene rings is 1. The van der Waals surface area contributed by atoms with E-state index in [2.05, 4.69) is 0 Å². The zero-order valence-corrected chi connectivity index (χ0v) is 9.45. The highest BCUT2D eigenvalue weighted by atomic mass is 19.1. The first-order valence-electron chi connectivity index (χ1n) is 5.74. The number of hydrogen-bond donors (Lipinski definition) is 1. The van der Waals surface area contributed by atoms with Gasteiger partial charge in [0.2, 0.25) is 0 Å². The Balaban J connectivity index is 2.22. The number of rotatable bonds is 2. The highest BCUT2D eigenvalue weighted by Gasteiger charge is 2.25. The molecule has 0 amide bonds. The van der Waals surface area contributed by atoms with Crippen molar-refractivity contribution < 1.29 is 14.2 Å². The quantitative estimate of drug-likeness (QED) is 0.837. The standard InChI is InChI=1S/C13H17FO2/c1-16-13-7-6-9(8-11(13)14)10-4-2-3-5-12(10)15/h6-8,10,12,15H,2-5H2,1H3. The summed E-state index contributed by atoms with van der Waals surface area (Å²) in [6.45, 7) is 0. The van der Waals surface area contributed by atoms with E-state index in [1.165, 1.54) is 13.2 Å². The Morgan fingerprint density at radius 2 is 2.06 bits per heavy atom. The average Bonchev–Trinajstić information content (AvgIpc) is 2.29. The Hall–Kier alpha value is -1.09. The monoisotopic (exact) mass is 224 g/mol. The molecule has 1 aliphatic rings. The van der Waals surface area contributed by atoms with Crippen LogP contribution in [0.4, 0.5) is 4.39 Å². The zero-order valence-electron chi connectivity index (χ0n) is 9.45. The third-order valence-corrected chi connectivity index (χ3v) is 3.33. The van der Waals surface area contributed by atoms with Crippen LogP contribution in [0, 0.1) is 5.82 Å². The first kappa shape index (κ1) is 11.4. The van der Waals surface area contributed by atoms with E-state index in [-0.39, 0.29) is 23.6 Å². The predicted molar refractivity (Wildman–Crippen MR) is 60.2 cm³/mol. The first-order chi connectivity index (χ1) is 7.72. The van der Waals surface area contributed by atoms with Crippen LogP contribution in [-0.2, 0) is 0 Å². The van der Waals surface area contributed by atoms with Gasteiger partial charge >= 0.3 is 0 Å². The summed E-state index contributed by atoms with van der Waals surface area (Å²) in [5.74, 6) is -0.0130. The summed E-state index contributed by atoms with van der Waals surface area (Å²) in [5.41, 5.74) is 0.880. The Labute approximate surface area is 95.1 Å². The largest absolute Gasteiger partial charge is 0.494 e. The molecule has 2 atom stereocenters. The summed E-state index contributed by atoms with van der Waals surface area (Å²) in [6.07, 6.45) is 3.60. The molecule has 16 heavy (non-hydrogen) atoms. The molecule has 1 saturated carbocycles. The second-order valence-corrected chi connectivity index (χ2v) is 4.35. The van der Waals surface area contributed by atoms with Gasteiger partial charge in [0.15, 0.2) is 11.6 Å². The van der Waals surface area contributed by atoms with Crippen LogP contribution in [0.15, 0.2) is 18.2 Å². The van der Waals surface area contributed by atoms with Gasteiger partial charge in [-0.15, -0.1) is 0 Å². The van der Waals surface area contributed by atoms with Gasteiger partial charge < -0.3 is 9.84 Å². The van der Waals surface area contributed by atoms with Crippen LogP contribution < -0.4 is 4.74 Å². The minimum Gasteiger partial charge on any atom is -0.494 e. The fourth-order valence-corrected chi connectivity index (χ4v) is 2.41. The van der Waals surface area contributed by atoms with Crippen molar-refractivity contribution in [1.29, 1.82) is 0 Å². The summed E-state index contributed by atoms with van der Waals surface area (Å²) < 4.78 is 18.4. The molecule has 1 aliphatic carbocycles. The van der Waals surface area contributed by atoms with Crippen molar-refractivity contribution in [2.75, 3.05) is 7.11 Å². The molecule has 2 nitrogen and oxygen atoms in total. The molecule has 0 aromatic heterocycles. The maximum atomic E-state index is 13.5. The molecule has 0 saturated heterocycles. The molecule has 1 N–H and O–H groups in total. The van der Waals surface area contributed by atoms with E-state index < -0.39 is 0 Å². The minimum atomic E-state index is -0.349. The molecule has 0 spiro atoms. The van der Waals surface area contributed by atoms with Gasteiger partial charge in [-0.2, -0.15) is 0 Å². The predicted octanol–water partition coefficient (Wildman–Crippen LogP) is 2.85. The van der Waals surface area contributed by atoms with Crippen molar-refractivity contribution in [3.05, 3.63) is 29.6 Å². The van der Waals surface area contributed by atoms with E-state index in [0.29, 0.717) is 0 Å². The first-order valence-corrected chi connectivity index (χ1v) is 5.74. The average molecular weight is 224 g/mol. The molecule has 1 fully saturated rings. The number of halogens is 1. The molecular weight excluding hydrogens is 207 g/mol. The van der Waals surface area contributed by atoms with Crippen LogP contribution in [0.5, 0.6) is 5.75 Å². The molecule has 2 unspecified atom stereocenters. The lowest BCUT2D eigenvalue weighted by atomic mass is 9.82. The molecule has 0 radical (unpaired) electrons.